The predicted octanol–water partition coefficient (Wildman–Crippen LogP) is 2.98. The van der Waals surface area contributed by atoms with Crippen LogP contribution >= 0.6 is 11.8 Å². The first-order valence-corrected chi connectivity index (χ1v) is 10.3. The average molecular weight is 411 g/mol. The molecule has 0 aromatic heterocycles. The van der Waals surface area contributed by atoms with Gasteiger partial charge in [-0.3, -0.25) is 4.79 Å². The zero-order valence-corrected chi connectivity index (χ0v) is 17.6. The highest BCUT2D eigenvalue weighted by Gasteiger charge is 2.15. The monoisotopic (exact) mass is 410 g/mol. The van der Waals surface area contributed by atoms with E-state index in [9.17, 15) is 9.59 Å². The van der Waals surface area contributed by atoms with Gasteiger partial charge in [0.05, 0.1) is 25.6 Å². The van der Waals surface area contributed by atoms with Crippen molar-refractivity contribution in [3.05, 3.63) is 29.8 Å². The number of nitrogens with one attached hydrogen (secondary N) is 2. The van der Waals surface area contributed by atoms with Crippen molar-refractivity contribution in [3.63, 3.8) is 0 Å². The van der Waals surface area contributed by atoms with Crippen molar-refractivity contribution < 1.29 is 23.8 Å². The summed E-state index contributed by atoms with van der Waals surface area (Å²) in [5.74, 6) is 1.35. The number of hydrogen-bond donors (Lipinski definition) is 2. The van der Waals surface area contributed by atoms with Crippen LogP contribution < -0.4 is 10.1 Å². The molecule has 0 fully saturated rings. The Morgan fingerprint density at radius 1 is 1.25 bits per heavy atom. The first kappa shape index (κ1) is 24.1. The number of benzene rings is 1. The maximum atomic E-state index is 11.9. The molecule has 0 aliphatic rings. The maximum absolute atomic E-state index is 11.9. The van der Waals surface area contributed by atoms with Gasteiger partial charge in [-0.05, 0) is 24.8 Å². The Kier molecular flexibility index (Phi) is 12.2. The van der Waals surface area contributed by atoms with E-state index in [4.69, 9.17) is 19.6 Å². The molecule has 8 heteroatoms. The van der Waals surface area contributed by atoms with Crippen molar-refractivity contribution in [2.45, 2.75) is 38.2 Å². The molecule has 2 N–H and O–H groups in total. The summed E-state index contributed by atoms with van der Waals surface area (Å²) in [6.45, 7) is 4.63. The molecule has 0 saturated carbocycles. The van der Waals surface area contributed by atoms with Crippen molar-refractivity contribution in [2.24, 2.45) is 0 Å². The number of aldehydes is 1. The Morgan fingerprint density at radius 3 is 2.50 bits per heavy atom. The van der Waals surface area contributed by atoms with Gasteiger partial charge in [0.25, 0.3) is 0 Å². The van der Waals surface area contributed by atoms with Crippen LogP contribution in [0.2, 0.25) is 0 Å². The second-order valence-corrected chi connectivity index (χ2v) is 7.58. The van der Waals surface area contributed by atoms with Gasteiger partial charge >= 0.3 is 0 Å². The van der Waals surface area contributed by atoms with Gasteiger partial charge in [0.1, 0.15) is 12.0 Å². The maximum Gasteiger partial charge on any atom is 0.221 e. The summed E-state index contributed by atoms with van der Waals surface area (Å²) >= 11 is 1.45. The third-order valence-corrected chi connectivity index (χ3v) is 4.79. The lowest BCUT2D eigenvalue weighted by Gasteiger charge is -2.19. The van der Waals surface area contributed by atoms with Crippen LogP contribution in [0.25, 0.3) is 0 Å². The second-order valence-electron chi connectivity index (χ2n) is 6.06. The number of carbonyl (C=O) groups excluding carboxylic acids is 2. The summed E-state index contributed by atoms with van der Waals surface area (Å²) in [4.78, 5) is 22.8. The highest BCUT2D eigenvalue weighted by molar-refractivity contribution is 8.00. The lowest BCUT2D eigenvalue weighted by atomic mass is 10.2. The molecule has 0 spiro atoms. The van der Waals surface area contributed by atoms with Crippen molar-refractivity contribution >= 4 is 29.7 Å². The van der Waals surface area contributed by atoms with Crippen LogP contribution in [0.4, 0.5) is 0 Å². The molecule has 28 heavy (non-hydrogen) atoms. The van der Waals surface area contributed by atoms with Crippen LogP contribution in [-0.2, 0) is 19.1 Å². The van der Waals surface area contributed by atoms with Crippen LogP contribution in [0.5, 0.6) is 5.75 Å². The quantitative estimate of drug-likeness (QED) is 0.200. The fourth-order valence-corrected chi connectivity index (χ4v) is 3.07. The minimum atomic E-state index is -0.597. The number of carbonyl (C=O) groups is 2. The number of thioether (sulfide) groups is 1. The van der Waals surface area contributed by atoms with Crippen LogP contribution in [-0.4, -0.2) is 55.8 Å². The van der Waals surface area contributed by atoms with E-state index in [0.29, 0.717) is 25.3 Å². The summed E-state index contributed by atoms with van der Waals surface area (Å²) in [6.07, 6.45) is 0.900. The number of methoxy groups -OCH3 is 1. The predicted molar refractivity (Wildman–Crippen MR) is 111 cm³/mol. The van der Waals surface area contributed by atoms with E-state index in [-0.39, 0.29) is 24.2 Å². The van der Waals surface area contributed by atoms with Gasteiger partial charge < -0.3 is 29.7 Å². The zero-order valence-electron chi connectivity index (χ0n) is 16.7. The molecule has 0 aliphatic carbocycles. The standard InChI is InChI=1S/C20H30N2O5S/c1-4-28-18(14-23)13-19(24)22-10-12-27-20(26-11-9-15(2)21)16-5-7-17(25-3)8-6-16/h5-8,14,18,20-21H,4,9-13H2,1-3H3,(H,22,24). The smallest absolute Gasteiger partial charge is 0.221 e. The topological polar surface area (TPSA) is 97.7 Å². The van der Waals surface area contributed by atoms with Gasteiger partial charge in [0, 0.05) is 30.7 Å². The van der Waals surface area contributed by atoms with Gasteiger partial charge in [-0.15, -0.1) is 0 Å². The van der Waals surface area contributed by atoms with Crippen LogP contribution in [0.15, 0.2) is 24.3 Å². The molecule has 1 amide bonds. The van der Waals surface area contributed by atoms with E-state index in [1.54, 1.807) is 14.0 Å². The Labute approximate surface area is 171 Å². The number of amides is 1. The molecule has 0 radical (unpaired) electrons. The van der Waals surface area contributed by atoms with E-state index < -0.39 is 6.29 Å². The summed E-state index contributed by atoms with van der Waals surface area (Å²) in [6, 6.07) is 7.36. The molecule has 7 nitrogen and oxygen atoms in total. The normalized spacial score (nSPS) is 12.8. The van der Waals surface area contributed by atoms with Gasteiger partial charge in [0.15, 0.2) is 6.29 Å². The summed E-state index contributed by atoms with van der Waals surface area (Å²) in [7, 11) is 1.60. The van der Waals surface area contributed by atoms with Crippen LogP contribution in [0.3, 0.4) is 0 Å². The zero-order chi connectivity index (χ0) is 20.8. The Balaban J connectivity index is 2.50. The third-order valence-electron chi connectivity index (χ3n) is 3.75. The van der Waals surface area contributed by atoms with Crippen LogP contribution in [0.1, 0.15) is 38.5 Å². The SMILES string of the molecule is CCSC(C=O)CC(=O)NCCOC(OCCC(C)=N)c1ccc(OC)cc1. The highest BCUT2D eigenvalue weighted by Crippen LogP contribution is 2.22. The number of ether oxygens (including phenoxy) is 3. The molecular weight excluding hydrogens is 380 g/mol. The van der Waals surface area contributed by atoms with E-state index in [1.165, 1.54) is 11.8 Å². The Hall–Kier alpha value is -1.90. The molecule has 1 rings (SSSR count). The number of rotatable bonds is 15. The highest BCUT2D eigenvalue weighted by atomic mass is 32.2. The first-order chi connectivity index (χ1) is 13.5. The first-order valence-electron chi connectivity index (χ1n) is 9.24. The van der Waals surface area contributed by atoms with Crippen LogP contribution in [0, 0.1) is 5.41 Å². The molecule has 2 unspecified atom stereocenters. The molecule has 0 aliphatic heterocycles. The summed E-state index contributed by atoms with van der Waals surface area (Å²) in [5.41, 5.74) is 1.37. The van der Waals surface area contributed by atoms with E-state index in [0.717, 1.165) is 23.4 Å². The average Bonchev–Trinajstić information content (AvgIpc) is 2.69. The van der Waals surface area contributed by atoms with E-state index >= 15 is 0 Å². The second kappa shape index (κ2) is 14.1. The molecule has 0 bridgehead atoms. The van der Waals surface area contributed by atoms with Gasteiger partial charge in [-0.25, -0.2) is 0 Å². The minimum absolute atomic E-state index is 0.166. The fourth-order valence-electron chi connectivity index (χ4n) is 2.29. The van der Waals surface area contributed by atoms with Crippen molar-refractivity contribution in [1.82, 2.24) is 5.32 Å². The third kappa shape index (κ3) is 9.87. The molecule has 1 aromatic carbocycles. The lowest BCUT2D eigenvalue weighted by Crippen LogP contribution is -2.30. The fraction of sp³-hybridized carbons (Fsp3) is 0.550. The molecule has 0 saturated heterocycles. The minimum Gasteiger partial charge on any atom is -0.497 e. The molecule has 156 valence electrons. The largest absolute Gasteiger partial charge is 0.497 e. The van der Waals surface area contributed by atoms with Gasteiger partial charge in [-0.2, -0.15) is 11.8 Å². The molecule has 1 aromatic rings. The molecule has 0 heterocycles. The van der Waals surface area contributed by atoms with Gasteiger partial charge in [0.2, 0.25) is 5.91 Å². The van der Waals surface area contributed by atoms with Crippen molar-refractivity contribution in [2.75, 3.05) is 32.6 Å². The van der Waals surface area contributed by atoms with Crippen molar-refractivity contribution in [1.29, 1.82) is 5.41 Å². The van der Waals surface area contributed by atoms with E-state index in [2.05, 4.69) is 5.32 Å². The van der Waals surface area contributed by atoms with Crippen molar-refractivity contribution in [3.8, 4) is 5.75 Å². The molecule has 2 atom stereocenters. The van der Waals surface area contributed by atoms with Gasteiger partial charge in [-0.1, -0.05) is 19.1 Å². The summed E-state index contributed by atoms with van der Waals surface area (Å²) < 4.78 is 16.7. The number of hydrogen-bond acceptors (Lipinski definition) is 7. The Morgan fingerprint density at radius 2 is 1.93 bits per heavy atom. The summed E-state index contributed by atoms with van der Waals surface area (Å²) in [5, 5.41) is 9.95. The lowest BCUT2D eigenvalue weighted by molar-refractivity contribution is -0.145. The van der Waals surface area contributed by atoms with E-state index in [1.807, 2.05) is 31.2 Å². The molecular formula is C20H30N2O5S. The Bertz CT molecular complexity index is 609.